The average molecular weight is 335 g/mol. The molecule has 0 radical (unpaired) electrons. The average Bonchev–Trinajstić information content (AvgIpc) is 2.35. The minimum atomic E-state index is -5.22. The normalized spacial score (nSPS) is 13.6. The van der Waals surface area contributed by atoms with Gasteiger partial charge < -0.3 is 25.0 Å². The van der Waals surface area contributed by atoms with Crippen molar-refractivity contribution in [1.29, 1.82) is 0 Å². The first kappa shape index (κ1) is 18.2. The van der Waals surface area contributed by atoms with E-state index in [4.69, 9.17) is 10.2 Å². The fourth-order valence-corrected chi connectivity index (χ4v) is 1.33. The van der Waals surface area contributed by atoms with Gasteiger partial charge in [-0.25, -0.2) is 0 Å². The fraction of sp³-hybridized carbons (Fsp3) is 0.455. The van der Waals surface area contributed by atoms with Gasteiger partial charge in [0.2, 0.25) is 0 Å². The van der Waals surface area contributed by atoms with Crippen molar-refractivity contribution >= 4 is 5.69 Å². The Bertz CT molecular complexity index is 490. The molecule has 0 aromatic heterocycles. The molecule has 1 aromatic carbocycles. The minimum absolute atomic E-state index is 0.0683. The number of hydrogen-bond acceptors (Lipinski definition) is 5. The summed E-state index contributed by atoms with van der Waals surface area (Å²) in [5, 5.41) is 20.1. The Balaban J connectivity index is 2.98. The van der Waals surface area contributed by atoms with E-state index in [1.54, 1.807) is 0 Å². The lowest BCUT2D eigenvalue weighted by molar-refractivity contribution is -0.287. The largest absolute Gasteiger partial charge is 0.573 e. The third-order valence-electron chi connectivity index (χ3n) is 2.15. The number of hydrogen-bond donors (Lipinski definition) is 3. The summed E-state index contributed by atoms with van der Waals surface area (Å²) in [5.41, 5.74) is -0.0683. The fourth-order valence-electron chi connectivity index (χ4n) is 1.33. The molecule has 3 N–H and O–H groups in total. The predicted molar refractivity (Wildman–Crippen MR) is 61.4 cm³/mol. The number of nitrogens with one attached hydrogen (secondary N) is 1. The van der Waals surface area contributed by atoms with Crippen molar-refractivity contribution in [2.75, 3.05) is 18.5 Å². The van der Waals surface area contributed by atoms with E-state index in [2.05, 4.69) is 14.8 Å². The summed E-state index contributed by atoms with van der Waals surface area (Å²) in [6, 6.07) is 2.25. The summed E-state index contributed by atoms with van der Waals surface area (Å²) in [5.74, 6) is -2.37. The summed E-state index contributed by atoms with van der Waals surface area (Å²) < 4.78 is 79.9. The zero-order valence-corrected chi connectivity index (χ0v) is 10.7. The Hall–Kier alpha value is -1.88. The SMILES string of the molecule is OCC(O)CNc1ccc(OC(F)(F)F)c(OC(F)(F)F)c1. The van der Waals surface area contributed by atoms with E-state index in [9.17, 15) is 26.3 Å². The van der Waals surface area contributed by atoms with Crippen molar-refractivity contribution in [3.8, 4) is 11.5 Å². The number of aliphatic hydroxyl groups is 2. The number of halogens is 6. The molecule has 1 aromatic rings. The van der Waals surface area contributed by atoms with Crippen LogP contribution >= 0.6 is 0 Å². The Morgan fingerprint density at radius 1 is 1.00 bits per heavy atom. The highest BCUT2D eigenvalue weighted by molar-refractivity contribution is 5.55. The number of ether oxygens (including phenoxy) is 2. The van der Waals surface area contributed by atoms with Gasteiger partial charge >= 0.3 is 12.7 Å². The van der Waals surface area contributed by atoms with Crippen molar-refractivity contribution in [1.82, 2.24) is 0 Å². The van der Waals surface area contributed by atoms with Crippen molar-refractivity contribution in [3.05, 3.63) is 18.2 Å². The van der Waals surface area contributed by atoms with Crippen LogP contribution in [-0.4, -0.2) is 42.2 Å². The molecule has 22 heavy (non-hydrogen) atoms. The van der Waals surface area contributed by atoms with Gasteiger partial charge in [0, 0.05) is 18.3 Å². The van der Waals surface area contributed by atoms with E-state index in [0.29, 0.717) is 12.1 Å². The van der Waals surface area contributed by atoms with Crippen molar-refractivity contribution in [2.45, 2.75) is 18.8 Å². The van der Waals surface area contributed by atoms with E-state index in [-0.39, 0.29) is 12.2 Å². The van der Waals surface area contributed by atoms with Crippen LogP contribution in [0.1, 0.15) is 0 Å². The molecule has 0 aliphatic carbocycles. The summed E-state index contributed by atoms with van der Waals surface area (Å²) in [4.78, 5) is 0. The molecule has 11 heteroatoms. The quantitative estimate of drug-likeness (QED) is 0.696. The molecule has 1 rings (SSSR count). The van der Waals surface area contributed by atoms with Gasteiger partial charge in [0.25, 0.3) is 0 Å². The zero-order valence-electron chi connectivity index (χ0n) is 10.7. The number of aliphatic hydroxyl groups excluding tert-OH is 2. The van der Waals surface area contributed by atoms with Crippen LogP contribution in [0.3, 0.4) is 0 Å². The highest BCUT2D eigenvalue weighted by Crippen LogP contribution is 2.37. The first-order valence-electron chi connectivity index (χ1n) is 5.68. The van der Waals surface area contributed by atoms with Gasteiger partial charge in [0.05, 0.1) is 12.7 Å². The lowest BCUT2D eigenvalue weighted by atomic mass is 10.2. The van der Waals surface area contributed by atoms with Gasteiger partial charge in [0.15, 0.2) is 11.5 Å². The Kier molecular flexibility index (Phi) is 5.72. The molecule has 0 aliphatic heterocycles. The van der Waals surface area contributed by atoms with Crippen LogP contribution in [0.15, 0.2) is 18.2 Å². The van der Waals surface area contributed by atoms with Crippen LogP contribution < -0.4 is 14.8 Å². The zero-order chi connectivity index (χ0) is 17.0. The molecular weight excluding hydrogens is 324 g/mol. The second-order valence-electron chi connectivity index (χ2n) is 3.97. The van der Waals surface area contributed by atoms with Crippen LogP contribution in [0.25, 0.3) is 0 Å². The maximum Gasteiger partial charge on any atom is 0.573 e. The van der Waals surface area contributed by atoms with Gasteiger partial charge in [-0.15, -0.1) is 26.3 Å². The van der Waals surface area contributed by atoms with E-state index >= 15 is 0 Å². The smallest absolute Gasteiger partial charge is 0.402 e. The first-order valence-corrected chi connectivity index (χ1v) is 5.68. The number of anilines is 1. The lowest BCUT2D eigenvalue weighted by Crippen LogP contribution is -2.23. The monoisotopic (exact) mass is 335 g/mol. The molecule has 0 aliphatic rings. The predicted octanol–water partition coefficient (Wildman–Crippen LogP) is 2.25. The molecule has 0 fully saturated rings. The maximum atomic E-state index is 12.2. The third-order valence-corrected chi connectivity index (χ3v) is 2.15. The summed E-state index contributed by atoms with van der Waals surface area (Å²) in [6.07, 6.45) is -11.6. The van der Waals surface area contributed by atoms with Crippen LogP contribution in [0, 0.1) is 0 Å². The molecule has 0 bridgehead atoms. The molecule has 5 nitrogen and oxygen atoms in total. The summed E-state index contributed by atoms with van der Waals surface area (Å²) in [6.45, 7) is -0.838. The molecular formula is C11H11F6NO4. The van der Waals surface area contributed by atoms with E-state index in [0.717, 1.165) is 6.07 Å². The van der Waals surface area contributed by atoms with E-state index < -0.39 is 36.9 Å². The second-order valence-corrected chi connectivity index (χ2v) is 3.97. The maximum absolute atomic E-state index is 12.2. The van der Waals surface area contributed by atoms with Crippen LogP contribution in [-0.2, 0) is 0 Å². The topological polar surface area (TPSA) is 71.0 Å². The van der Waals surface area contributed by atoms with Crippen molar-refractivity contribution in [3.63, 3.8) is 0 Å². The van der Waals surface area contributed by atoms with Gasteiger partial charge in [-0.1, -0.05) is 0 Å². The highest BCUT2D eigenvalue weighted by Gasteiger charge is 2.36. The number of alkyl halides is 6. The molecule has 0 saturated heterocycles. The molecule has 1 unspecified atom stereocenters. The molecule has 0 heterocycles. The molecule has 1 atom stereocenters. The molecule has 0 saturated carbocycles. The third kappa shape index (κ3) is 6.72. The number of benzene rings is 1. The van der Waals surface area contributed by atoms with E-state index in [1.807, 2.05) is 0 Å². The summed E-state index contributed by atoms with van der Waals surface area (Å²) >= 11 is 0. The standard InChI is InChI=1S/C11H11F6NO4/c12-10(13,14)21-8-2-1-6(18-4-7(20)5-19)3-9(8)22-11(15,16)17/h1-3,7,18-20H,4-5H2. The second kappa shape index (κ2) is 6.92. The Labute approximate surface area is 120 Å². The van der Waals surface area contributed by atoms with Gasteiger partial charge in [0.1, 0.15) is 0 Å². The first-order chi connectivity index (χ1) is 10.00. The number of rotatable bonds is 6. The van der Waals surface area contributed by atoms with Gasteiger partial charge in [-0.05, 0) is 12.1 Å². The molecule has 126 valence electrons. The minimum Gasteiger partial charge on any atom is -0.402 e. The Morgan fingerprint density at radius 2 is 1.55 bits per heavy atom. The van der Waals surface area contributed by atoms with Crippen LogP contribution in [0.5, 0.6) is 11.5 Å². The summed E-state index contributed by atoms with van der Waals surface area (Å²) in [7, 11) is 0. The molecule has 0 spiro atoms. The van der Waals surface area contributed by atoms with E-state index in [1.165, 1.54) is 0 Å². The van der Waals surface area contributed by atoms with Crippen molar-refractivity contribution in [2.24, 2.45) is 0 Å². The van der Waals surface area contributed by atoms with Crippen LogP contribution in [0.4, 0.5) is 32.0 Å². The van der Waals surface area contributed by atoms with Crippen LogP contribution in [0.2, 0.25) is 0 Å². The lowest BCUT2D eigenvalue weighted by Gasteiger charge is -2.17. The van der Waals surface area contributed by atoms with Gasteiger partial charge in [-0.3, -0.25) is 0 Å². The Morgan fingerprint density at radius 3 is 2.05 bits per heavy atom. The van der Waals surface area contributed by atoms with Gasteiger partial charge in [-0.2, -0.15) is 0 Å². The molecule has 0 amide bonds. The van der Waals surface area contributed by atoms with Crippen molar-refractivity contribution < 1.29 is 46.0 Å². The highest BCUT2D eigenvalue weighted by atomic mass is 19.4.